The second-order valence-electron chi connectivity index (χ2n) is 18.9. The first-order valence-electron chi connectivity index (χ1n) is 25.4. The number of primary amides is 1. The molecule has 0 aliphatic carbocycles. The van der Waals surface area contributed by atoms with Crippen LogP contribution >= 0.6 is 0 Å². The fourth-order valence-electron chi connectivity index (χ4n) is 8.23. The van der Waals surface area contributed by atoms with Crippen molar-refractivity contribution < 1.29 is 43.2 Å². The van der Waals surface area contributed by atoms with E-state index in [1.807, 2.05) is 12.3 Å². The van der Waals surface area contributed by atoms with Gasteiger partial charge in [-0.15, -0.1) is 0 Å². The summed E-state index contributed by atoms with van der Waals surface area (Å²) in [5, 5.41) is 22.1. The van der Waals surface area contributed by atoms with Crippen molar-refractivity contribution in [2.45, 2.75) is 121 Å². The molecular weight excluding hydrogens is 1010 g/mol. The first-order chi connectivity index (χ1) is 37.1. The first kappa shape index (κ1) is 61.5. The third-order valence-electron chi connectivity index (χ3n) is 12.3. The fraction of sp³-hybridized carbons (Fsp3) is 0.451. The van der Waals surface area contributed by atoms with Gasteiger partial charge in [0.05, 0.1) is 19.3 Å². The first-order valence-corrected chi connectivity index (χ1v) is 25.4. The number of carbonyl (C=O) groups is 9. The number of aromatic amines is 2. The standard InChI is InChI=1S/C42H65N17O9.C9H9N/c1-24(60)54-29(14-9-17-51-41(46)47)36(65)57-31-19-32(61)49-15-7-6-12-27(34(43)63)55-33(62)22-52-35(64)28(13-8-16-50-40(44)45)58-39(68)42(2,20-25-10-4-3-5-11-25)59-38(67)30(56-37(31)66)18-26-21-48-23-53-26;1-7-6-10-9-5-3-2-4-8(7)9/h3-5,10-11,21,23,27-31H,6-9,12-20,22H2,1-2H3,(H2,43,63)(H,48,53)(H,49,61)(H,52,64)(H,54,60)(H,55,62)(H,56,66)(H,57,65)(H,58,68)(H,59,67)(H4,44,45,50)(H4,46,47,51);2-6,10H,1H3/t27?,28-,29-,30-,31?,42-;/m0./s1. The zero-order valence-corrected chi connectivity index (χ0v) is 44.1. The molecule has 3 heterocycles. The molecule has 1 aliphatic heterocycles. The summed E-state index contributed by atoms with van der Waals surface area (Å²) in [6.45, 7) is 4.33. The molecule has 1 aliphatic rings. The molecule has 0 radical (unpaired) electrons. The van der Waals surface area contributed by atoms with Crippen LogP contribution in [-0.4, -0.2) is 142 Å². The van der Waals surface area contributed by atoms with Gasteiger partial charge in [0.1, 0.15) is 35.7 Å². The monoisotopic (exact) mass is 1080 g/mol. The van der Waals surface area contributed by atoms with E-state index in [-0.39, 0.29) is 89.3 Å². The average Bonchev–Trinajstić information content (AvgIpc) is 4.05. The van der Waals surface area contributed by atoms with Gasteiger partial charge in [0, 0.05) is 68.4 Å². The van der Waals surface area contributed by atoms with E-state index in [2.05, 4.69) is 92.6 Å². The lowest BCUT2D eigenvalue weighted by Crippen LogP contribution is -2.65. The lowest BCUT2D eigenvalue weighted by atomic mass is 9.90. The van der Waals surface area contributed by atoms with Crippen molar-refractivity contribution >= 4 is 76.0 Å². The molecule has 0 spiro atoms. The van der Waals surface area contributed by atoms with Crippen molar-refractivity contribution in [3.63, 3.8) is 0 Å². The van der Waals surface area contributed by atoms with Gasteiger partial charge >= 0.3 is 0 Å². The minimum absolute atomic E-state index is 0.0289. The Bertz CT molecular complexity index is 2720. The maximum Gasteiger partial charge on any atom is 0.246 e. The summed E-state index contributed by atoms with van der Waals surface area (Å²) >= 11 is 0. The van der Waals surface area contributed by atoms with E-state index in [0.29, 0.717) is 11.3 Å². The molecule has 2 aromatic carbocycles. The van der Waals surface area contributed by atoms with Crippen LogP contribution in [0.3, 0.4) is 0 Å². The Hall–Kier alpha value is -9.04. The van der Waals surface area contributed by atoms with E-state index >= 15 is 0 Å². The van der Waals surface area contributed by atoms with Gasteiger partial charge < -0.3 is 81.2 Å². The number of carbonyl (C=O) groups excluding carboxylic acids is 9. The lowest BCUT2D eigenvalue weighted by Gasteiger charge is -2.33. The molecule has 422 valence electrons. The van der Waals surface area contributed by atoms with Crippen LogP contribution in [0.25, 0.3) is 10.9 Å². The lowest BCUT2D eigenvalue weighted by molar-refractivity contribution is -0.138. The minimum Gasteiger partial charge on any atom is -0.370 e. The molecule has 0 bridgehead atoms. The topological polar surface area (TPSA) is 449 Å². The van der Waals surface area contributed by atoms with Gasteiger partial charge in [-0.3, -0.25) is 53.1 Å². The Morgan fingerprint density at radius 2 is 1.49 bits per heavy atom. The van der Waals surface area contributed by atoms with Crippen LogP contribution in [0.1, 0.15) is 82.0 Å². The third kappa shape index (κ3) is 21.3. The number of aliphatic imine (C=N–C) groups is 2. The van der Waals surface area contributed by atoms with Crippen molar-refractivity contribution in [2.75, 3.05) is 26.2 Å². The molecule has 9 amide bonds. The number of nitrogens with zero attached hydrogens (tertiary/aromatic N) is 3. The molecule has 2 unspecified atom stereocenters. The van der Waals surface area contributed by atoms with Crippen molar-refractivity contribution in [2.24, 2.45) is 38.7 Å². The SMILES string of the molecule is CC(=O)N[C@@H](CCCN=C(N)N)C(=O)NC1CC(=O)NCCCCC(C(N)=O)NC(=O)CNC(=O)[C@H](CCCN=C(N)N)NC(=O)[C@](C)(Cc2ccccc2)NC(=O)[C@H](Cc2cnc[nH]2)NC1=O.Cc1c[nH]c2ccccc12. The number of aryl methyl sites for hydroxylation is 1. The predicted molar refractivity (Wildman–Crippen MR) is 291 cm³/mol. The number of nitrogens with one attached hydrogen (secondary N) is 10. The van der Waals surface area contributed by atoms with Gasteiger partial charge in [-0.05, 0) is 76.0 Å². The van der Waals surface area contributed by atoms with E-state index in [9.17, 15) is 43.2 Å². The number of hydrogen-bond donors (Lipinski definition) is 15. The molecule has 27 heteroatoms. The molecule has 2 aromatic heterocycles. The number of rotatable bonds is 16. The summed E-state index contributed by atoms with van der Waals surface area (Å²) in [5.74, 6) is -7.60. The van der Waals surface area contributed by atoms with E-state index < -0.39 is 102 Å². The highest BCUT2D eigenvalue weighted by Crippen LogP contribution is 2.18. The number of amides is 9. The highest BCUT2D eigenvalue weighted by atomic mass is 16.2. The fourth-order valence-corrected chi connectivity index (χ4v) is 8.23. The highest BCUT2D eigenvalue weighted by Gasteiger charge is 2.40. The molecule has 4 aromatic rings. The summed E-state index contributed by atoms with van der Waals surface area (Å²) in [6.07, 6.45) is 4.80. The van der Waals surface area contributed by atoms with E-state index in [4.69, 9.17) is 28.7 Å². The van der Waals surface area contributed by atoms with Gasteiger partial charge in [0.25, 0.3) is 0 Å². The van der Waals surface area contributed by atoms with E-state index in [1.165, 1.54) is 42.8 Å². The Balaban J connectivity index is 0.00000116. The summed E-state index contributed by atoms with van der Waals surface area (Å²) in [6, 6.07) is 10.1. The molecule has 27 nitrogen and oxygen atoms in total. The number of imidazole rings is 1. The number of nitrogens with two attached hydrogens (primary N) is 5. The number of H-pyrrole nitrogens is 2. The zero-order valence-electron chi connectivity index (χ0n) is 44.1. The van der Waals surface area contributed by atoms with Crippen LogP contribution < -0.4 is 71.2 Å². The molecular formula is C51H74N18O9. The van der Waals surface area contributed by atoms with Crippen LogP contribution in [0.5, 0.6) is 0 Å². The van der Waals surface area contributed by atoms with Crippen molar-refractivity contribution in [3.05, 3.63) is 90.1 Å². The summed E-state index contributed by atoms with van der Waals surface area (Å²) in [7, 11) is 0. The quantitative estimate of drug-likeness (QED) is 0.0311. The molecule has 5 rings (SSSR count). The number of hydrogen-bond acceptors (Lipinski definition) is 12. The van der Waals surface area contributed by atoms with Crippen LogP contribution in [0.4, 0.5) is 0 Å². The number of benzene rings is 2. The van der Waals surface area contributed by atoms with Crippen LogP contribution in [0.15, 0.2) is 83.3 Å². The summed E-state index contributed by atoms with van der Waals surface area (Å²) < 4.78 is 0. The smallest absolute Gasteiger partial charge is 0.246 e. The third-order valence-corrected chi connectivity index (χ3v) is 12.3. The summed E-state index contributed by atoms with van der Waals surface area (Å²) in [5.41, 5.74) is 29.0. The second kappa shape index (κ2) is 31.1. The van der Waals surface area contributed by atoms with Gasteiger partial charge in [-0.2, -0.15) is 0 Å². The minimum atomic E-state index is -1.85. The summed E-state index contributed by atoms with van der Waals surface area (Å²) in [4.78, 5) is 140. The zero-order chi connectivity index (χ0) is 57.2. The van der Waals surface area contributed by atoms with Crippen molar-refractivity contribution in [1.82, 2.24) is 57.5 Å². The van der Waals surface area contributed by atoms with Gasteiger partial charge in [0.2, 0.25) is 53.2 Å². The Kier molecular flexibility index (Phi) is 24.5. The molecule has 20 N–H and O–H groups in total. The van der Waals surface area contributed by atoms with Crippen LogP contribution in [-0.2, 0) is 56.0 Å². The second-order valence-corrected chi connectivity index (χ2v) is 18.9. The van der Waals surface area contributed by atoms with E-state index in [0.717, 1.165) is 0 Å². The maximum atomic E-state index is 14.6. The molecule has 0 saturated carbocycles. The number of para-hydroxylation sites is 1. The van der Waals surface area contributed by atoms with Crippen LogP contribution in [0.2, 0.25) is 0 Å². The highest BCUT2D eigenvalue weighted by molar-refractivity contribution is 5.99. The number of guanidine groups is 2. The Morgan fingerprint density at radius 1 is 0.795 bits per heavy atom. The van der Waals surface area contributed by atoms with Crippen molar-refractivity contribution in [1.29, 1.82) is 0 Å². The number of fused-ring (bicyclic) bond motifs is 1. The maximum absolute atomic E-state index is 14.6. The predicted octanol–water partition coefficient (Wildman–Crippen LogP) is -2.61. The molecule has 78 heavy (non-hydrogen) atoms. The molecule has 1 fully saturated rings. The number of aromatic nitrogens is 3. The van der Waals surface area contributed by atoms with Gasteiger partial charge in [-0.25, -0.2) is 4.98 Å². The van der Waals surface area contributed by atoms with E-state index in [1.54, 1.807) is 30.3 Å². The molecule has 1 saturated heterocycles. The van der Waals surface area contributed by atoms with Crippen molar-refractivity contribution in [3.8, 4) is 0 Å². The average molecular weight is 1080 g/mol. The Labute approximate surface area is 451 Å². The largest absolute Gasteiger partial charge is 0.370 e. The molecule has 6 atom stereocenters. The Morgan fingerprint density at radius 3 is 2.14 bits per heavy atom. The van der Waals surface area contributed by atoms with Gasteiger partial charge in [0.15, 0.2) is 11.9 Å². The van der Waals surface area contributed by atoms with Crippen LogP contribution in [0, 0.1) is 6.92 Å². The normalized spacial score (nSPS) is 20.5. The van der Waals surface area contributed by atoms with Gasteiger partial charge in [-0.1, -0.05) is 48.5 Å².